The summed E-state index contributed by atoms with van der Waals surface area (Å²) < 4.78 is 16.3. The molecule has 0 aromatic heterocycles. The molecule has 0 spiro atoms. The molecule has 1 atom stereocenters. The number of hydrogen-bond donors (Lipinski definition) is 3. The first-order valence-electron chi connectivity index (χ1n) is 12.9. The number of nitrogens with zero attached hydrogens (tertiary/aromatic N) is 2. The second-order valence-corrected chi connectivity index (χ2v) is 10.2. The lowest BCUT2D eigenvalue weighted by Crippen LogP contribution is -2.52. The topological polar surface area (TPSA) is 170 Å². The van der Waals surface area contributed by atoms with Gasteiger partial charge in [0.1, 0.15) is 18.2 Å². The molecule has 1 unspecified atom stereocenters. The van der Waals surface area contributed by atoms with Gasteiger partial charge in [-0.1, -0.05) is 0 Å². The number of piperidine rings is 1. The third-order valence-electron chi connectivity index (χ3n) is 5.97. The van der Waals surface area contributed by atoms with Gasteiger partial charge in [0.15, 0.2) is 0 Å². The zero-order valence-electron chi connectivity index (χ0n) is 22.6. The number of nitrogens with one attached hydrogen (secondary N) is 2. The van der Waals surface area contributed by atoms with Gasteiger partial charge in [0, 0.05) is 43.9 Å². The first kappa shape index (κ1) is 30.0. The van der Waals surface area contributed by atoms with Crippen molar-refractivity contribution in [2.75, 3.05) is 51.4 Å². The maximum absolute atomic E-state index is 12.8. The van der Waals surface area contributed by atoms with Gasteiger partial charge in [-0.2, -0.15) is 0 Å². The molecule has 0 saturated carbocycles. The van der Waals surface area contributed by atoms with Gasteiger partial charge in [-0.3, -0.25) is 24.5 Å². The Morgan fingerprint density at radius 3 is 2.51 bits per heavy atom. The van der Waals surface area contributed by atoms with E-state index in [1.54, 1.807) is 39.0 Å². The van der Waals surface area contributed by atoms with Gasteiger partial charge in [-0.05, 0) is 51.0 Å². The molecular weight excluding hydrogens is 510 g/mol. The predicted octanol–water partition coefficient (Wildman–Crippen LogP) is 0.615. The van der Waals surface area contributed by atoms with Crippen molar-refractivity contribution in [2.45, 2.75) is 51.8 Å². The van der Waals surface area contributed by atoms with Crippen molar-refractivity contribution < 1.29 is 38.2 Å². The number of imide groups is 1. The average molecular weight is 548 g/mol. The molecule has 0 bridgehead atoms. The molecule has 4 N–H and O–H groups in total. The Morgan fingerprint density at radius 2 is 1.85 bits per heavy atom. The van der Waals surface area contributed by atoms with Crippen molar-refractivity contribution in [3.8, 4) is 0 Å². The van der Waals surface area contributed by atoms with Crippen molar-refractivity contribution in [1.82, 2.24) is 15.1 Å². The minimum atomic E-state index is -0.707. The molecule has 3 rings (SSSR count). The van der Waals surface area contributed by atoms with Gasteiger partial charge in [-0.15, -0.1) is 0 Å². The average Bonchev–Trinajstić information content (AvgIpc) is 3.17. The van der Waals surface area contributed by atoms with Gasteiger partial charge < -0.3 is 35.1 Å². The molecule has 2 heterocycles. The molecule has 39 heavy (non-hydrogen) atoms. The molecule has 1 aromatic rings. The van der Waals surface area contributed by atoms with E-state index in [1.165, 1.54) is 9.80 Å². The van der Waals surface area contributed by atoms with Crippen LogP contribution in [0.1, 0.15) is 49.5 Å². The predicted molar refractivity (Wildman–Crippen MR) is 140 cm³/mol. The molecule has 1 fully saturated rings. The van der Waals surface area contributed by atoms with Gasteiger partial charge in [0.25, 0.3) is 5.91 Å². The number of amides is 5. The molecule has 2 aliphatic rings. The maximum Gasteiger partial charge on any atom is 0.410 e. The number of fused-ring (bicyclic) bond motifs is 1. The Labute approximate surface area is 227 Å². The van der Waals surface area contributed by atoms with Gasteiger partial charge in [0.2, 0.25) is 17.7 Å². The third-order valence-corrected chi connectivity index (χ3v) is 5.97. The molecule has 0 aliphatic carbocycles. The van der Waals surface area contributed by atoms with Crippen molar-refractivity contribution in [2.24, 2.45) is 5.73 Å². The fourth-order valence-electron chi connectivity index (χ4n) is 4.17. The van der Waals surface area contributed by atoms with Crippen LogP contribution in [-0.2, 0) is 35.1 Å². The van der Waals surface area contributed by atoms with Crippen LogP contribution >= 0.6 is 0 Å². The lowest BCUT2D eigenvalue weighted by Gasteiger charge is -2.29. The number of benzene rings is 1. The maximum atomic E-state index is 12.8. The number of ether oxygens (including phenoxy) is 3. The summed E-state index contributed by atoms with van der Waals surface area (Å²) in [5.41, 5.74) is 6.36. The smallest absolute Gasteiger partial charge is 0.410 e. The Balaban J connectivity index is 1.47. The highest BCUT2D eigenvalue weighted by Crippen LogP contribution is 2.29. The van der Waals surface area contributed by atoms with Gasteiger partial charge in [-0.25, -0.2) is 4.79 Å². The zero-order chi connectivity index (χ0) is 28.6. The third kappa shape index (κ3) is 8.73. The summed E-state index contributed by atoms with van der Waals surface area (Å²) >= 11 is 0. The minimum absolute atomic E-state index is 0.100. The number of hydrogen-bond acceptors (Lipinski definition) is 9. The first-order valence-corrected chi connectivity index (χ1v) is 12.9. The van der Waals surface area contributed by atoms with E-state index in [9.17, 15) is 24.0 Å². The van der Waals surface area contributed by atoms with Crippen LogP contribution in [0.4, 0.5) is 10.5 Å². The highest BCUT2D eigenvalue weighted by molar-refractivity contribution is 6.05. The van der Waals surface area contributed by atoms with Gasteiger partial charge in [0.05, 0.1) is 19.8 Å². The summed E-state index contributed by atoms with van der Waals surface area (Å²) in [5, 5.41) is 5.00. The molecular formula is C26H37N5O8. The highest BCUT2D eigenvalue weighted by Gasteiger charge is 2.39. The second kappa shape index (κ2) is 13.5. The molecule has 0 radical (unpaired) electrons. The number of anilines is 1. The first-order chi connectivity index (χ1) is 18.5. The Kier molecular flexibility index (Phi) is 10.4. The largest absolute Gasteiger partial charge is 0.444 e. The van der Waals surface area contributed by atoms with E-state index in [0.717, 1.165) is 0 Å². The van der Waals surface area contributed by atoms with E-state index < -0.39 is 29.6 Å². The molecule has 2 aliphatic heterocycles. The van der Waals surface area contributed by atoms with Crippen LogP contribution in [-0.4, -0.2) is 97.2 Å². The van der Waals surface area contributed by atoms with Crippen LogP contribution in [0.3, 0.4) is 0 Å². The fourth-order valence-corrected chi connectivity index (χ4v) is 4.17. The minimum Gasteiger partial charge on any atom is -0.444 e. The summed E-state index contributed by atoms with van der Waals surface area (Å²) in [6.45, 7) is 6.91. The summed E-state index contributed by atoms with van der Waals surface area (Å²) in [6, 6.07) is 4.18. The normalized spacial score (nSPS) is 17.1. The van der Waals surface area contributed by atoms with Crippen molar-refractivity contribution in [3.63, 3.8) is 0 Å². The van der Waals surface area contributed by atoms with Crippen LogP contribution in [0.5, 0.6) is 0 Å². The molecule has 1 saturated heterocycles. The molecule has 5 amide bonds. The standard InChI is InChI=1S/C26H37N5O8/c1-26(2,3)39-25(36)30(9-12-37-11-8-27)10-13-38-16-22(33)28-18-4-5-19-17(14-18)15-31(24(19)35)20-6-7-21(32)29-23(20)34/h4-5,14,20H,6-13,15-16,27H2,1-3H3,(H,28,33)(H,29,32,34). The zero-order valence-corrected chi connectivity index (χ0v) is 22.6. The number of carbonyl (C=O) groups excluding carboxylic acids is 5. The van der Waals surface area contributed by atoms with Crippen LogP contribution in [0.15, 0.2) is 18.2 Å². The lowest BCUT2D eigenvalue weighted by atomic mass is 10.0. The van der Waals surface area contributed by atoms with Gasteiger partial charge >= 0.3 is 6.09 Å². The SMILES string of the molecule is CC(C)(C)OC(=O)N(CCOCCN)CCOCC(=O)Nc1ccc2c(c1)CN(C1CCC(=O)NC1=O)C2=O. The number of rotatable bonds is 12. The van der Waals surface area contributed by atoms with Crippen LogP contribution in [0.2, 0.25) is 0 Å². The van der Waals surface area contributed by atoms with Crippen molar-refractivity contribution >= 4 is 35.4 Å². The second-order valence-electron chi connectivity index (χ2n) is 10.2. The van der Waals surface area contributed by atoms with Crippen LogP contribution in [0.25, 0.3) is 0 Å². The van der Waals surface area contributed by atoms with E-state index in [0.29, 0.717) is 36.6 Å². The molecule has 13 heteroatoms. The van der Waals surface area contributed by atoms with Crippen LogP contribution in [0, 0.1) is 0 Å². The Hall–Kier alpha value is -3.55. The van der Waals surface area contributed by atoms with E-state index in [-0.39, 0.29) is 57.5 Å². The Bertz CT molecular complexity index is 1090. The molecule has 214 valence electrons. The highest BCUT2D eigenvalue weighted by atomic mass is 16.6. The summed E-state index contributed by atoms with van der Waals surface area (Å²) in [5.74, 6) is -1.52. The quantitative estimate of drug-likeness (QED) is 0.251. The van der Waals surface area contributed by atoms with Crippen molar-refractivity contribution in [3.05, 3.63) is 29.3 Å². The van der Waals surface area contributed by atoms with Crippen molar-refractivity contribution in [1.29, 1.82) is 0 Å². The summed E-state index contributed by atoms with van der Waals surface area (Å²) in [4.78, 5) is 64.3. The fraction of sp³-hybridized carbons (Fsp3) is 0.577. The monoisotopic (exact) mass is 547 g/mol. The van der Waals surface area contributed by atoms with E-state index in [4.69, 9.17) is 19.9 Å². The molecule has 1 aromatic carbocycles. The summed E-state index contributed by atoms with van der Waals surface area (Å²) in [6.07, 6.45) is -0.0572. The van der Waals surface area contributed by atoms with Crippen LogP contribution < -0.4 is 16.4 Å². The number of carbonyl (C=O) groups is 5. The van der Waals surface area contributed by atoms with E-state index in [2.05, 4.69) is 10.6 Å². The lowest BCUT2D eigenvalue weighted by molar-refractivity contribution is -0.137. The Morgan fingerprint density at radius 1 is 1.13 bits per heavy atom. The van der Waals surface area contributed by atoms with E-state index in [1.807, 2.05) is 0 Å². The number of nitrogens with two attached hydrogens (primary N) is 1. The summed E-state index contributed by atoms with van der Waals surface area (Å²) in [7, 11) is 0. The molecule has 13 nitrogen and oxygen atoms in total. The van der Waals surface area contributed by atoms with E-state index >= 15 is 0 Å².